The van der Waals surface area contributed by atoms with E-state index in [1.807, 2.05) is 0 Å². The maximum absolute atomic E-state index is 5.90. The minimum Gasteiger partial charge on any atom is -0.133 e. The van der Waals surface area contributed by atoms with E-state index in [2.05, 4.69) is 53.4 Å². The van der Waals surface area contributed by atoms with E-state index >= 15 is 0 Å². The van der Waals surface area contributed by atoms with Crippen molar-refractivity contribution in [2.75, 3.05) is 0 Å². The van der Waals surface area contributed by atoms with E-state index in [0.717, 1.165) is 4.21 Å². The molecule has 1 aromatic heterocycles. The van der Waals surface area contributed by atoms with Gasteiger partial charge in [0, 0.05) is 14.2 Å². The number of benzene rings is 1. The average Bonchev–Trinajstić information content (AvgIpc) is 2.45. The smallest absolute Gasteiger partial charge is 0.0580 e. The zero-order valence-corrected chi connectivity index (χ0v) is 11.2. The van der Waals surface area contributed by atoms with E-state index < -0.39 is 0 Å². The molecule has 0 radical (unpaired) electrons. The molecule has 4 heteroatoms. The predicted molar refractivity (Wildman–Crippen MR) is 71.4 cm³/mol. The summed E-state index contributed by atoms with van der Waals surface area (Å²) in [6, 6.07) is 6.29. The number of halogens is 2. The van der Waals surface area contributed by atoms with Gasteiger partial charge >= 0.3 is 0 Å². The van der Waals surface area contributed by atoms with Gasteiger partial charge in [0.05, 0.1) is 4.21 Å². The lowest BCUT2D eigenvalue weighted by atomic mass is 10.2. The van der Waals surface area contributed by atoms with E-state index in [9.17, 15) is 0 Å². The number of alkyl halides is 1. The summed E-state index contributed by atoms with van der Waals surface area (Å²) < 4.78 is 3.55. The van der Waals surface area contributed by atoms with Crippen LogP contribution in [0.4, 0.5) is 0 Å². The van der Waals surface area contributed by atoms with Crippen LogP contribution >= 0.6 is 58.2 Å². The Labute approximate surface area is 105 Å². The van der Waals surface area contributed by atoms with Crippen molar-refractivity contribution in [3.05, 3.63) is 27.3 Å². The summed E-state index contributed by atoms with van der Waals surface area (Å²) in [4.78, 5) is 0. The summed E-state index contributed by atoms with van der Waals surface area (Å²) in [5.41, 5.74) is 1.23. The highest BCUT2D eigenvalue weighted by Crippen LogP contribution is 2.33. The molecule has 2 rings (SSSR count). The van der Waals surface area contributed by atoms with Gasteiger partial charge in [-0.3, -0.25) is 0 Å². The van der Waals surface area contributed by atoms with Gasteiger partial charge in [0.1, 0.15) is 0 Å². The monoisotopic (exact) mass is 340 g/mol. The van der Waals surface area contributed by atoms with Gasteiger partial charge in [-0.05, 0) is 45.7 Å². The number of thiophene rings is 1. The van der Waals surface area contributed by atoms with Crippen molar-refractivity contribution in [3.63, 3.8) is 0 Å². The summed E-state index contributed by atoms with van der Waals surface area (Å²) in [6.07, 6.45) is 0. The number of rotatable bonds is 1. The molecule has 0 unspecified atom stereocenters. The van der Waals surface area contributed by atoms with Crippen LogP contribution < -0.4 is 0 Å². The Balaban J connectivity index is 2.82. The molecule has 0 spiro atoms. The van der Waals surface area contributed by atoms with Crippen molar-refractivity contribution in [1.29, 1.82) is 0 Å². The highest BCUT2D eigenvalue weighted by Gasteiger charge is 2.07. The SMILES string of the molecule is Sc1cc2ccc(I)c(CCl)c2s1. The lowest BCUT2D eigenvalue weighted by molar-refractivity contribution is 1.43. The van der Waals surface area contributed by atoms with E-state index in [1.54, 1.807) is 11.3 Å². The molecule has 0 atom stereocenters. The molecule has 1 heterocycles. The third-order valence-corrected chi connectivity index (χ3v) is 4.55. The zero-order valence-electron chi connectivity index (χ0n) is 6.55. The molecule has 0 fully saturated rings. The maximum atomic E-state index is 5.90. The molecule has 0 bridgehead atoms. The molecule has 0 amide bonds. The van der Waals surface area contributed by atoms with Gasteiger partial charge in [-0.2, -0.15) is 0 Å². The lowest BCUT2D eigenvalue weighted by Gasteiger charge is -2.00. The van der Waals surface area contributed by atoms with E-state index in [4.69, 9.17) is 11.6 Å². The molecule has 2 aromatic rings. The Hall–Kier alpha value is 0.550. The van der Waals surface area contributed by atoms with Gasteiger partial charge in [-0.1, -0.05) is 6.07 Å². The second-order valence-electron chi connectivity index (χ2n) is 2.66. The first-order valence-corrected chi connectivity index (χ1v) is 6.56. The van der Waals surface area contributed by atoms with Crippen LogP contribution in [0.3, 0.4) is 0 Å². The van der Waals surface area contributed by atoms with Crippen LogP contribution in [0.2, 0.25) is 0 Å². The molecular formula is C9H6ClIS2. The Kier molecular flexibility index (Phi) is 3.07. The molecule has 0 nitrogen and oxygen atoms in total. The fourth-order valence-electron chi connectivity index (χ4n) is 1.25. The highest BCUT2D eigenvalue weighted by molar-refractivity contribution is 14.1. The van der Waals surface area contributed by atoms with Crippen LogP contribution in [0.25, 0.3) is 10.1 Å². The summed E-state index contributed by atoms with van der Waals surface area (Å²) in [5.74, 6) is 0.573. The standard InChI is InChI=1S/C9H6ClIS2/c10-4-6-7(11)2-1-5-3-8(12)13-9(5)6/h1-3,12H,4H2. The van der Waals surface area contributed by atoms with Gasteiger partial charge < -0.3 is 0 Å². The highest BCUT2D eigenvalue weighted by atomic mass is 127. The van der Waals surface area contributed by atoms with Gasteiger partial charge in [-0.15, -0.1) is 35.6 Å². The van der Waals surface area contributed by atoms with Crippen LogP contribution in [0.1, 0.15) is 5.56 Å². The van der Waals surface area contributed by atoms with Crippen LogP contribution in [0, 0.1) is 3.57 Å². The van der Waals surface area contributed by atoms with E-state index in [-0.39, 0.29) is 0 Å². The van der Waals surface area contributed by atoms with Crippen molar-refractivity contribution in [2.24, 2.45) is 0 Å². The molecule has 0 aliphatic heterocycles. The molecule has 0 aliphatic carbocycles. The van der Waals surface area contributed by atoms with Gasteiger partial charge in [0.25, 0.3) is 0 Å². The molecule has 0 aliphatic rings. The molecule has 13 heavy (non-hydrogen) atoms. The van der Waals surface area contributed by atoms with Gasteiger partial charge in [0.15, 0.2) is 0 Å². The average molecular weight is 341 g/mol. The number of hydrogen-bond donors (Lipinski definition) is 1. The normalized spacial score (nSPS) is 11.0. The lowest BCUT2D eigenvalue weighted by Crippen LogP contribution is -1.82. The molecule has 1 aromatic carbocycles. The summed E-state index contributed by atoms with van der Waals surface area (Å²) >= 11 is 14.2. The largest absolute Gasteiger partial charge is 0.133 e. The molecule has 0 N–H and O–H groups in total. The van der Waals surface area contributed by atoms with Gasteiger partial charge in [-0.25, -0.2) is 0 Å². The van der Waals surface area contributed by atoms with Crippen molar-refractivity contribution in [3.8, 4) is 0 Å². The molecule has 0 saturated heterocycles. The first-order chi connectivity index (χ1) is 6.22. The second-order valence-corrected chi connectivity index (χ2v) is 5.93. The Morgan fingerprint density at radius 1 is 1.46 bits per heavy atom. The number of hydrogen-bond acceptors (Lipinski definition) is 2. The summed E-state index contributed by atoms with van der Waals surface area (Å²) in [5, 5.41) is 1.24. The van der Waals surface area contributed by atoms with Crippen LogP contribution in [-0.2, 0) is 5.88 Å². The van der Waals surface area contributed by atoms with Crippen molar-refractivity contribution in [2.45, 2.75) is 10.1 Å². The second kappa shape index (κ2) is 3.96. The third-order valence-electron chi connectivity index (χ3n) is 1.85. The Morgan fingerprint density at radius 2 is 2.23 bits per heavy atom. The zero-order chi connectivity index (χ0) is 9.42. The molecule has 0 saturated carbocycles. The fraction of sp³-hybridized carbons (Fsp3) is 0.111. The Morgan fingerprint density at radius 3 is 2.92 bits per heavy atom. The van der Waals surface area contributed by atoms with Crippen LogP contribution in [0.5, 0.6) is 0 Å². The van der Waals surface area contributed by atoms with Crippen molar-refractivity contribution in [1.82, 2.24) is 0 Å². The first kappa shape index (κ1) is 10.1. The maximum Gasteiger partial charge on any atom is 0.0580 e. The topological polar surface area (TPSA) is 0 Å². The van der Waals surface area contributed by atoms with Gasteiger partial charge in [0.2, 0.25) is 0 Å². The van der Waals surface area contributed by atoms with Crippen LogP contribution in [0.15, 0.2) is 22.4 Å². The van der Waals surface area contributed by atoms with Crippen molar-refractivity contribution >= 4 is 68.2 Å². The van der Waals surface area contributed by atoms with E-state index in [0.29, 0.717) is 5.88 Å². The molecule has 68 valence electrons. The quantitative estimate of drug-likeness (QED) is 0.440. The minimum absolute atomic E-state index is 0.573. The minimum atomic E-state index is 0.573. The fourth-order valence-corrected chi connectivity index (χ4v) is 4.01. The summed E-state index contributed by atoms with van der Waals surface area (Å²) in [7, 11) is 0. The summed E-state index contributed by atoms with van der Waals surface area (Å²) in [6.45, 7) is 0. The van der Waals surface area contributed by atoms with E-state index in [1.165, 1.54) is 19.2 Å². The van der Waals surface area contributed by atoms with Crippen molar-refractivity contribution < 1.29 is 0 Å². The third kappa shape index (κ3) is 1.84. The Bertz CT molecular complexity index is 450. The number of thiol groups is 1. The number of fused-ring (bicyclic) bond motifs is 1. The molecular weight excluding hydrogens is 335 g/mol. The van der Waals surface area contributed by atoms with Crippen LogP contribution in [-0.4, -0.2) is 0 Å². The first-order valence-electron chi connectivity index (χ1n) is 3.68. The predicted octanol–water partition coefficient (Wildman–Crippen LogP) is 4.53.